The van der Waals surface area contributed by atoms with Crippen molar-refractivity contribution in [2.75, 3.05) is 0 Å². The van der Waals surface area contributed by atoms with Crippen molar-refractivity contribution in [1.82, 2.24) is 0 Å². The van der Waals surface area contributed by atoms with Crippen molar-refractivity contribution in [3.05, 3.63) is 71.8 Å². The van der Waals surface area contributed by atoms with Crippen molar-refractivity contribution in [1.29, 1.82) is 0 Å². The molecule has 2 aromatic carbocycles. The summed E-state index contributed by atoms with van der Waals surface area (Å²) >= 11 is 0. The van der Waals surface area contributed by atoms with Crippen LogP contribution in [-0.4, -0.2) is 5.11 Å². The molecule has 0 amide bonds. The summed E-state index contributed by atoms with van der Waals surface area (Å²) in [5.41, 5.74) is 4.73. The highest BCUT2D eigenvalue weighted by molar-refractivity contribution is 5.63. The van der Waals surface area contributed by atoms with E-state index in [0.717, 1.165) is 18.4 Å². The van der Waals surface area contributed by atoms with Gasteiger partial charge in [-0.3, -0.25) is 0 Å². The number of aryl methyl sites for hydroxylation is 1. The summed E-state index contributed by atoms with van der Waals surface area (Å²) in [6, 6.07) is 16.8. The zero-order valence-corrected chi connectivity index (χ0v) is 11.3. The Bertz CT molecular complexity index is 521. The second-order valence-corrected chi connectivity index (χ2v) is 4.66. The lowest BCUT2D eigenvalue weighted by molar-refractivity contribution is 0.282. The standard InChI is InChI=1S/C18H20O/c1-2-3-4-5-15-6-10-17(11-7-15)18-12-8-16(14-19)9-13-18/h2-3,6-13,19H,4-5,14H2,1H3/b3-2+. The minimum atomic E-state index is 0.101. The fourth-order valence-electron chi connectivity index (χ4n) is 2.08. The van der Waals surface area contributed by atoms with Crippen molar-refractivity contribution in [2.24, 2.45) is 0 Å². The molecule has 0 aliphatic heterocycles. The summed E-state index contributed by atoms with van der Waals surface area (Å²) in [6.45, 7) is 2.16. The van der Waals surface area contributed by atoms with Crippen LogP contribution in [0.2, 0.25) is 0 Å². The van der Waals surface area contributed by atoms with Gasteiger partial charge in [0, 0.05) is 0 Å². The maximum Gasteiger partial charge on any atom is 0.0681 e. The third-order valence-corrected chi connectivity index (χ3v) is 3.26. The molecule has 0 spiro atoms. The molecule has 1 nitrogen and oxygen atoms in total. The van der Waals surface area contributed by atoms with Crippen LogP contribution in [0.5, 0.6) is 0 Å². The van der Waals surface area contributed by atoms with E-state index in [9.17, 15) is 0 Å². The normalized spacial score (nSPS) is 11.1. The van der Waals surface area contributed by atoms with Gasteiger partial charge in [-0.05, 0) is 42.0 Å². The molecule has 19 heavy (non-hydrogen) atoms. The van der Waals surface area contributed by atoms with E-state index in [1.165, 1.54) is 16.7 Å². The highest BCUT2D eigenvalue weighted by atomic mass is 16.3. The fraction of sp³-hybridized carbons (Fsp3) is 0.222. The van der Waals surface area contributed by atoms with Crippen LogP contribution in [0, 0.1) is 0 Å². The predicted octanol–water partition coefficient (Wildman–Crippen LogP) is 4.35. The fourth-order valence-corrected chi connectivity index (χ4v) is 2.08. The molecule has 0 radical (unpaired) electrons. The van der Waals surface area contributed by atoms with Gasteiger partial charge in [0.15, 0.2) is 0 Å². The number of aliphatic hydroxyl groups excluding tert-OH is 1. The number of rotatable bonds is 5. The number of benzene rings is 2. The summed E-state index contributed by atoms with van der Waals surface area (Å²) < 4.78 is 0. The largest absolute Gasteiger partial charge is 0.392 e. The Balaban J connectivity index is 2.08. The molecular weight excluding hydrogens is 232 g/mol. The summed E-state index contributed by atoms with van der Waals surface area (Å²) in [6.07, 6.45) is 6.48. The van der Waals surface area contributed by atoms with Crippen LogP contribution in [0.3, 0.4) is 0 Å². The predicted molar refractivity (Wildman–Crippen MR) is 80.9 cm³/mol. The van der Waals surface area contributed by atoms with E-state index in [4.69, 9.17) is 5.11 Å². The van der Waals surface area contributed by atoms with Gasteiger partial charge < -0.3 is 5.11 Å². The third kappa shape index (κ3) is 3.80. The van der Waals surface area contributed by atoms with Crippen LogP contribution in [-0.2, 0) is 13.0 Å². The minimum Gasteiger partial charge on any atom is -0.392 e. The molecule has 0 aliphatic carbocycles. The van der Waals surface area contributed by atoms with Crippen molar-refractivity contribution in [3.8, 4) is 11.1 Å². The highest BCUT2D eigenvalue weighted by Gasteiger charge is 1.98. The van der Waals surface area contributed by atoms with Crippen molar-refractivity contribution in [2.45, 2.75) is 26.4 Å². The Morgan fingerprint density at radius 3 is 1.84 bits per heavy atom. The van der Waals surface area contributed by atoms with Crippen LogP contribution in [0.4, 0.5) is 0 Å². The van der Waals surface area contributed by atoms with E-state index in [-0.39, 0.29) is 6.61 Å². The van der Waals surface area contributed by atoms with E-state index in [1.54, 1.807) is 0 Å². The van der Waals surface area contributed by atoms with Crippen LogP contribution in [0.1, 0.15) is 24.5 Å². The lowest BCUT2D eigenvalue weighted by Crippen LogP contribution is -1.85. The molecule has 0 aliphatic rings. The molecular formula is C18H20O. The first-order valence-corrected chi connectivity index (χ1v) is 6.74. The third-order valence-electron chi connectivity index (χ3n) is 3.26. The van der Waals surface area contributed by atoms with Crippen LogP contribution in [0.15, 0.2) is 60.7 Å². The summed E-state index contributed by atoms with van der Waals surface area (Å²) in [5, 5.41) is 9.03. The van der Waals surface area contributed by atoms with Crippen molar-refractivity contribution < 1.29 is 5.11 Å². The summed E-state index contributed by atoms with van der Waals surface area (Å²) in [4.78, 5) is 0. The zero-order chi connectivity index (χ0) is 13.5. The van der Waals surface area contributed by atoms with Gasteiger partial charge in [0.25, 0.3) is 0 Å². The number of hydrogen-bond acceptors (Lipinski definition) is 1. The molecule has 98 valence electrons. The van der Waals surface area contributed by atoms with Gasteiger partial charge in [0.2, 0.25) is 0 Å². The van der Waals surface area contributed by atoms with Crippen molar-refractivity contribution >= 4 is 0 Å². The number of hydrogen-bond donors (Lipinski definition) is 1. The molecule has 0 unspecified atom stereocenters. The second-order valence-electron chi connectivity index (χ2n) is 4.66. The zero-order valence-electron chi connectivity index (χ0n) is 11.3. The SMILES string of the molecule is C/C=C/CCc1ccc(-c2ccc(CO)cc2)cc1. The van der Waals surface area contributed by atoms with E-state index in [1.807, 2.05) is 12.1 Å². The molecule has 0 bridgehead atoms. The van der Waals surface area contributed by atoms with Gasteiger partial charge in [0.1, 0.15) is 0 Å². The second kappa shape index (κ2) is 6.91. The van der Waals surface area contributed by atoms with Crippen molar-refractivity contribution in [3.63, 3.8) is 0 Å². The first-order valence-electron chi connectivity index (χ1n) is 6.74. The Hall–Kier alpha value is -1.86. The summed E-state index contributed by atoms with van der Waals surface area (Å²) in [5.74, 6) is 0. The van der Waals surface area contributed by atoms with Gasteiger partial charge in [-0.2, -0.15) is 0 Å². The van der Waals surface area contributed by atoms with E-state index < -0.39 is 0 Å². The highest BCUT2D eigenvalue weighted by Crippen LogP contribution is 2.20. The quantitative estimate of drug-likeness (QED) is 0.784. The average Bonchev–Trinajstić information content (AvgIpc) is 2.48. The number of aliphatic hydroxyl groups is 1. The van der Waals surface area contributed by atoms with Crippen LogP contribution >= 0.6 is 0 Å². The molecule has 1 heteroatoms. The molecule has 0 saturated carbocycles. The Morgan fingerprint density at radius 2 is 1.37 bits per heavy atom. The van der Waals surface area contributed by atoms with E-state index in [0.29, 0.717) is 0 Å². The average molecular weight is 252 g/mol. The van der Waals surface area contributed by atoms with E-state index in [2.05, 4.69) is 55.5 Å². The lowest BCUT2D eigenvalue weighted by Gasteiger charge is -2.05. The molecule has 2 aromatic rings. The molecule has 0 heterocycles. The Kier molecular flexibility index (Phi) is 4.93. The topological polar surface area (TPSA) is 20.2 Å². The Labute approximate surface area is 115 Å². The molecule has 0 aromatic heterocycles. The first-order chi connectivity index (χ1) is 9.33. The van der Waals surface area contributed by atoms with Gasteiger partial charge in [0.05, 0.1) is 6.61 Å². The smallest absolute Gasteiger partial charge is 0.0681 e. The molecule has 2 rings (SSSR count). The first kappa shape index (κ1) is 13.6. The molecule has 1 N–H and O–H groups in total. The van der Waals surface area contributed by atoms with Gasteiger partial charge in [-0.25, -0.2) is 0 Å². The van der Waals surface area contributed by atoms with Gasteiger partial charge >= 0.3 is 0 Å². The molecule has 0 atom stereocenters. The molecule has 0 fully saturated rings. The van der Waals surface area contributed by atoms with Crippen LogP contribution < -0.4 is 0 Å². The lowest BCUT2D eigenvalue weighted by atomic mass is 10.0. The van der Waals surface area contributed by atoms with E-state index >= 15 is 0 Å². The summed E-state index contributed by atoms with van der Waals surface area (Å²) in [7, 11) is 0. The van der Waals surface area contributed by atoms with Gasteiger partial charge in [-0.1, -0.05) is 60.7 Å². The monoisotopic (exact) mass is 252 g/mol. The maximum absolute atomic E-state index is 9.03. The Morgan fingerprint density at radius 1 is 0.842 bits per heavy atom. The maximum atomic E-state index is 9.03. The molecule has 0 saturated heterocycles. The minimum absolute atomic E-state index is 0.101. The van der Waals surface area contributed by atoms with Crippen LogP contribution in [0.25, 0.3) is 11.1 Å². The number of allylic oxidation sites excluding steroid dienone is 2. The van der Waals surface area contributed by atoms with Gasteiger partial charge in [-0.15, -0.1) is 0 Å².